The Morgan fingerprint density at radius 2 is 1.96 bits per heavy atom. The van der Waals surface area contributed by atoms with Crippen LogP contribution in [-0.4, -0.2) is 50.5 Å². The molecule has 142 valence electrons. The van der Waals surface area contributed by atoms with Crippen LogP contribution in [0.1, 0.15) is 25.8 Å². The second-order valence-electron chi connectivity index (χ2n) is 6.51. The molecular formula is C18H24N2O5S. The molecule has 0 saturated carbocycles. The maximum Gasteiger partial charge on any atom is 0.330 e. The van der Waals surface area contributed by atoms with Crippen molar-refractivity contribution >= 4 is 33.5 Å². The van der Waals surface area contributed by atoms with Crippen molar-refractivity contribution in [3.63, 3.8) is 0 Å². The monoisotopic (exact) mass is 380 g/mol. The van der Waals surface area contributed by atoms with Crippen LogP contribution in [0, 0.1) is 0 Å². The first-order valence-electron chi connectivity index (χ1n) is 8.42. The molecule has 2 N–H and O–H groups in total. The number of carbonyl (C=O) groups is 2. The Kier molecular flexibility index (Phi) is 6.55. The number of anilines is 1. The van der Waals surface area contributed by atoms with Crippen molar-refractivity contribution in [2.24, 2.45) is 0 Å². The molecule has 26 heavy (non-hydrogen) atoms. The highest BCUT2D eigenvalue weighted by molar-refractivity contribution is 7.91. The fourth-order valence-electron chi connectivity index (χ4n) is 2.68. The number of carbonyl (C=O) groups excluding carboxylic acids is 2. The summed E-state index contributed by atoms with van der Waals surface area (Å²) in [6, 6.07) is 6.99. The molecule has 0 aromatic heterocycles. The average molecular weight is 380 g/mol. The van der Waals surface area contributed by atoms with Gasteiger partial charge in [-0.05, 0) is 44.0 Å². The second-order valence-corrected chi connectivity index (χ2v) is 8.70. The minimum atomic E-state index is -3.01. The average Bonchev–Trinajstić information content (AvgIpc) is 2.87. The molecule has 0 radical (unpaired) electrons. The van der Waals surface area contributed by atoms with Gasteiger partial charge in [-0.1, -0.05) is 12.1 Å². The predicted octanol–water partition coefficient (Wildman–Crippen LogP) is 1.37. The molecule has 1 saturated heterocycles. The summed E-state index contributed by atoms with van der Waals surface area (Å²) in [6.45, 7) is 3.92. The zero-order valence-corrected chi connectivity index (χ0v) is 15.8. The molecule has 1 heterocycles. The van der Waals surface area contributed by atoms with E-state index in [1.54, 1.807) is 37.3 Å². The smallest absolute Gasteiger partial charge is 0.330 e. The first kappa shape index (κ1) is 20.1. The predicted molar refractivity (Wildman–Crippen MR) is 100 cm³/mol. The molecule has 2 rings (SSSR count). The lowest BCUT2D eigenvalue weighted by Crippen LogP contribution is -2.46. The van der Waals surface area contributed by atoms with E-state index in [1.165, 1.54) is 6.08 Å². The lowest BCUT2D eigenvalue weighted by atomic mass is 10.0. The van der Waals surface area contributed by atoms with E-state index < -0.39 is 21.3 Å². The molecule has 1 unspecified atom stereocenters. The van der Waals surface area contributed by atoms with Crippen LogP contribution < -0.4 is 10.6 Å². The summed E-state index contributed by atoms with van der Waals surface area (Å²) < 4.78 is 27.9. The number of hydrogen-bond acceptors (Lipinski definition) is 6. The largest absolute Gasteiger partial charge is 0.463 e. The molecule has 1 amide bonds. The Bertz CT molecular complexity index is 786. The van der Waals surface area contributed by atoms with Gasteiger partial charge in [0.05, 0.1) is 24.7 Å². The van der Waals surface area contributed by atoms with Gasteiger partial charge in [-0.15, -0.1) is 0 Å². The summed E-state index contributed by atoms with van der Waals surface area (Å²) in [5, 5.41) is 5.79. The molecule has 1 aromatic rings. The number of nitrogens with one attached hydrogen (secondary N) is 2. The van der Waals surface area contributed by atoms with E-state index in [0.717, 1.165) is 5.56 Å². The van der Waals surface area contributed by atoms with E-state index in [2.05, 4.69) is 10.6 Å². The standard InChI is InChI=1S/C18H24N2O5S/c1-3-25-17(22)9-6-14-4-7-15(8-5-14)20-16(21)12-19-18(2)10-11-26(23,24)13-18/h4-9,19H,3,10-13H2,1-2H3,(H,20,21)/b9-6+. The van der Waals surface area contributed by atoms with E-state index in [0.29, 0.717) is 18.7 Å². The van der Waals surface area contributed by atoms with Crippen LogP contribution in [0.4, 0.5) is 5.69 Å². The second kappa shape index (κ2) is 8.46. The summed E-state index contributed by atoms with van der Waals surface area (Å²) in [4.78, 5) is 23.3. The zero-order valence-electron chi connectivity index (χ0n) is 14.9. The van der Waals surface area contributed by atoms with E-state index in [9.17, 15) is 18.0 Å². The van der Waals surface area contributed by atoms with Crippen LogP contribution in [0.25, 0.3) is 6.08 Å². The Morgan fingerprint density at radius 1 is 1.27 bits per heavy atom. The van der Waals surface area contributed by atoms with Crippen LogP contribution in [0.3, 0.4) is 0 Å². The fraction of sp³-hybridized carbons (Fsp3) is 0.444. The van der Waals surface area contributed by atoms with Crippen molar-refractivity contribution in [3.05, 3.63) is 35.9 Å². The summed E-state index contributed by atoms with van der Waals surface area (Å²) in [5.41, 5.74) is 0.866. The minimum Gasteiger partial charge on any atom is -0.463 e. The number of benzene rings is 1. The fourth-order valence-corrected chi connectivity index (χ4v) is 4.80. The number of rotatable bonds is 7. The van der Waals surface area contributed by atoms with E-state index >= 15 is 0 Å². The number of esters is 1. The van der Waals surface area contributed by atoms with Crippen LogP contribution in [0.15, 0.2) is 30.3 Å². The molecule has 0 aliphatic carbocycles. The number of sulfone groups is 1. The first-order valence-corrected chi connectivity index (χ1v) is 10.2. The third kappa shape index (κ3) is 6.27. The molecular weight excluding hydrogens is 356 g/mol. The molecule has 0 spiro atoms. The lowest BCUT2D eigenvalue weighted by Gasteiger charge is -2.23. The third-order valence-corrected chi connectivity index (χ3v) is 5.98. The summed E-state index contributed by atoms with van der Waals surface area (Å²) >= 11 is 0. The normalized spacial score (nSPS) is 21.6. The van der Waals surface area contributed by atoms with E-state index in [4.69, 9.17) is 4.74 Å². The summed E-state index contributed by atoms with van der Waals surface area (Å²) in [7, 11) is -3.01. The molecule has 7 nitrogen and oxygen atoms in total. The number of ether oxygens (including phenoxy) is 1. The van der Waals surface area contributed by atoms with Crippen LogP contribution >= 0.6 is 0 Å². The van der Waals surface area contributed by atoms with Crippen molar-refractivity contribution < 1.29 is 22.7 Å². The maximum atomic E-state index is 12.0. The summed E-state index contributed by atoms with van der Waals surface area (Å²) in [5.74, 6) is -0.447. The van der Waals surface area contributed by atoms with Gasteiger partial charge in [0.15, 0.2) is 9.84 Å². The highest BCUT2D eigenvalue weighted by Crippen LogP contribution is 2.22. The summed E-state index contributed by atoms with van der Waals surface area (Å²) in [6.07, 6.45) is 3.48. The van der Waals surface area contributed by atoms with Crippen molar-refractivity contribution in [2.75, 3.05) is 30.0 Å². The molecule has 0 bridgehead atoms. The number of amides is 1. The third-order valence-electron chi connectivity index (χ3n) is 4.07. The Labute approximate surface area is 153 Å². The van der Waals surface area contributed by atoms with Crippen LogP contribution in [0.5, 0.6) is 0 Å². The minimum absolute atomic E-state index is 0.0382. The highest BCUT2D eigenvalue weighted by atomic mass is 32.2. The van der Waals surface area contributed by atoms with Crippen LogP contribution in [-0.2, 0) is 24.2 Å². The van der Waals surface area contributed by atoms with E-state index in [-0.39, 0.29) is 24.0 Å². The first-order chi connectivity index (χ1) is 12.2. The van der Waals surface area contributed by atoms with Gasteiger partial charge in [0, 0.05) is 17.3 Å². The highest BCUT2D eigenvalue weighted by Gasteiger charge is 2.38. The van der Waals surface area contributed by atoms with Gasteiger partial charge in [0.1, 0.15) is 0 Å². The maximum absolute atomic E-state index is 12.0. The van der Waals surface area contributed by atoms with Crippen molar-refractivity contribution in [1.29, 1.82) is 0 Å². The molecule has 1 aliphatic heterocycles. The molecule has 1 aromatic carbocycles. The molecule has 1 fully saturated rings. The van der Waals surface area contributed by atoms with Gasteiger partial charge in [0.25, 0.3) is 0 Å². The lowest BCUT2D eigenvalue weighted by molar-refractivity contribution is -0.137. The Balaban J connectivity index is 1.83. The van der Waals surface area contributed by atoms with Gasteiger partial charge in [0.2, 0.25) is 5.91 Å². The zero-order chi connectivity index (χ0) is 19.2. The van der Waals surface area contributed by atoms with Gasteiger partial charge in [-0.25, -0.2) is 13.2 Å². The van der Waals surface area contributed by atoms with Gasteiger partial charge in [-0.3, -0.25) is 4.79 Å². The van der Waals surface area contributed by atoms with Crippen LogP contribution in [0.2, 0.25) is 0 Å². The van der Waals surface area contributed by atoms with Gasteiger partial charge < -0.3 is 15.4 Å². The van der Waals surface area contributed by atoms with Crippen molar-refractivity contribution in [1.82, 2.24) is 5.32 Å². The van der Waals surface area contributed by atoms with Gasteiger partial charge >= 0.3 is 5.97 Å². The molecule has 8 heteroatoms. The molecule has 1 aliphatic rings. The molecule has 1 atom stereocenters. The van der Waals surface area contributed by atoms with Crippen molar-refractivity contribution in [3.8, 4) is 0 Å². The Morgan fingerprint density at radius 3 is 2.54 bits per heavy atom. The number of hydrogen-bond donors (Lipinski definition) is 2. The topological polar surface area (TPSA) is 102 Å². The van der Waals surface area contributed by atoms with Gasteiger partial charge in [-0.2, -0.15) is 0 Å². The SMILES string of the molecule is CCOC(=O)/C=C/c1ccc(NC(=O)CNC2(C)CCS(=O)(=O)C2)cc1. The van der Waals surface area contributed by atoms with E-state index in [1.807, 2.05) is 6.92 Å². The Hall–Kier alpha value is -2.19. The quantitative estimate of drug-likeness (QED) is 0.547. The van der Waals surface area contributed by atoms with Crippen molar-refractivity contribution in [2.45, 2.75) is 25.8 Å².